The topological polar surface area (TPSA) is 60.9 Å². The van der Waals surface area contributed by atoms with Gasteiger partial charge in [-0.05, 0) is 31.5 Å². The van der Waals surface area contributed by atoms with E-state index in [1.54, 1.807) is 4.31 Å². The van der Waals surface area contributed by atoms with Crippen LogP contribution in [-0.4, -0.2) is 61.2 Å². The first-order chi connectivity index (χ1) is 10.4. The lowest BCUT2D eigenvalue weighted by Gasteiger charge is -2.37. The van der Waals surface area contributed by atoms with Crippen LogP contribution in [0.3, 0.4) is 0 Å². The lowest BCUT2D eigenvalue weighted by molar-refractivity contribution is 0.0850. The van der Waals surface area contributed by atoms with E-state index >= 15 is 0 Å². The van der Waals surface area contributed by atoms with Crippen molar-refractivity contribution in [3.63, 3.8) is 0 Å². The molecule has 0 aromatic heterocycles. The molecule has 1 fully saturated rings. The number of rotatable bonds is 6. The van der Waals surface area contributed by atoms with Crippen LogP contribution in [0.15, 0.2) is 30.3 Å². The Hall–Kier alpha value is -0.950. The highest BCUT2D eigenvalue weighted by Crippen LogP contribution is 2.21. The van der Waals surface area contributed by atoms with Gasteiger partial charge in [-0.2, -0.15) is 4.31 Å². The van der Waals surface area contributed by atoms with Crippen LogP contribution in [0.5, 0.6) is 0 Å². The van der Waals surface area contributed by atoms with Crippen molar-refractivity contribution in [2.45, 2.75) is 31.9 Å². The maximum Gasteiger partial charge on any atom is 0.211 e. The number of β-amino-alcohol motifs (C(OH)–C–C–N with tert-alkyl or cyclic N) is 1. The predicted molar refractivity (Wildman–Crippen MR) is 88.1 cm³/mol. The number of benzene rings is 1. The molecular weight excluding hydrogens is 300 g/mol. The predicted octanol–water partition coefficient (Wildman–Crippen LogP) is 1.47. The Kier molecular flexibility index (Phi) is 5.97. The Morgan fingerprint density at radius 2 is 1.86 bits per heavy atom. The molecule has 6 heteroatoms. The smallest absolute Gasteiger partial charge is 0.211 e. The summed E-state index contributed by atoms with van der Waals surface area (Å²) in [5, 5.41) is 10.3. The van der Waals surface area contributed by atoms with Crippen LogP contribution in [0.4, 0.5) is 0 Å². The van der Waals surface area contributed by atoms with E-state index in [9.17, 15) is 13.5 Å². The van der Waals surface area contributed by atoms with Crippen LogP contribution < -0.4 is 0 Å². The average Bonchev–Trinajstić information content (AvgIpc) is 2.49. The molecule has 1 aliphatic rings. The van der Waals surface area contributed by atoms with Crippen LogP contribution in [0.1, 0.15) is 31.4 Å². The largest absolute Gasteiger partial charge is 0.387 e. The third-order valence-electron chi connectivity index (χ3n) is 4.32. The molecule has 5 nitrogen and oxygen atoms in total. The molecule has 0 radical (unpaired) electrons. The second kappa shape index (κ2) is 7.55. The van der Waals surface area contributed by atoms with Crippen LogP contribution in [-0.2, 0) is 10.0 Å². The Balaban J connectivity index is 1.87. The van der Waals surface area contributed by atoms with E-state index in [1.165, 1.54) is 6.26 Å². The van der Waals surface area contributed by atoms with Gasteiger partial charge in [-0.15, -0.1) is 0 Å². The summed E-state index contributed by atoms with van der Waals surface area (Å²) in [6.07, 6.45) is 2.43. The third-order valence-corrected chi connectivity index (χ3v) is 5.73. The minimum atomic E-state index is -3.13. The van der Waals surface area contributed by atoms with Gasteiger partial charge in [0.1, 0.15) is 0 Å². The minimum absolute atomic E-state index is 0.0881. The van der Waals surface area contributed by atoms with Gasteiger partial charge in [0, 0.05) is 19.1 Å². The number of sulfonamides is 1. The van der Waals surface area contributed by atoms with E-state index in [0.29, 0.717) is 13.1 Å². The second-order valence-corrected chi connectivity index (χ2v) is 7.86. The average molecular weight is 326 g/mol. The lowest BCUT2D eigenvalue weighted by Crippen LogP contribution is -2.47. The highest BCUT2D eigenvalue weighted by Gasteiger charge is 2.29. The molecule has 0 unspecified atom stereocenters. The van der Waals surface area contributed by atoms with Crippen molar-refractivity contribution in [1.82, 2.24) is 9.21 Å². The van der Waals surface area contributed by atoms with E-state index in [1.807, 2.05) is 37.3 Å². The molecule has 0 saturated carbocycles. The number of hydrogen-bond donors (Lipinski definition) is 1. The third kappa shape index (κ3) is 4.52. The molecule has 0 spiro atoms. The van der Waals surface area contributed by atoms with Gasteiger partial charge in [0.15, 0.2) is 0 Å². The molecule has 1 heterocycles. The first-order valence-electron chi connectivity index (χ1n) is 7.84. The SMILES string of the molecule is CCN(C1CCN(C[C@@H](O)c2ccccc2)CC1)S(C)(=O)=O. The standard InChI is InChI=1S/C16H26N2O3S/c1-3-18(22(2,20)21)15-9-11-17(12-10-15)13-16(19)14-7-5-4-6-8-14/h4-8,15-16,19H,3,9-13H2,1-2H3/t16-/m1/s1. The highest BCUT2D eigenvalue weighted by atomic mass is 32.2. The van der Waals surface area contributed by atoms with Gasteiger partial charge in [0.2, 0.25) is 10.0 Å². The van der Waals surface area contributed by atoms with Crippen molar-refractivity contribution < 1.29 is 13.5 Å². The molecule has 0 amide bonds. The summed E-state index contributed by atoms with van der Waals surface area (Å²) in [5.41, 5.74) is 0.927. The van der Waals surface area contributed by atoms with E-state index in [2.05, 4.69) is 4.90 Å². The first kappa shape index (κ1) is 17.4. The Labute approximate surface area is 133 Å². The molecule has 0 aliphatic carbocycles. The van der Waals surface area contributed by atoms with Gasteiger partial charge in [-0.1, -0.05) is 37.3 Å². The summed E-state index contributed by atoms with van der Waals surface area (Å²) in [4.78, 5) is 2.21. The molecule has 2 rings (SSSR count). The molecule has 0 bridgehead atoms. The number of hydrogen-bond acceptors (Lipinski definition) is 4. The summed E-state index contributed by atoms with van der Waals surface area (Å²) in [7, 11) is -3.13. The van der Waals surface area contributed by atoms with Crippen molar-refractivity contribution >= 4 is 10.0 Å². The van der Waals surface area contributed by atoms with Crippen molar-refractivity contribution in [1.29, 1.82) is 0 Å². The molecule has 22 heavy (non-hydrogen) atoms. The van der Waals surface area contributed by atoms with E-state index in [4.69, 9.17) is 0 Å². The first-order valence-corrected chi connectivity index (χ1v) is 9.68. The van der Waals surface area contributed by atoms with Gasteiger partial charge < -0.3 is 10.0 Å². The molecule has 1 N–H and O–H groups in total. The molecule has 124 valence electrons. The Bertz CT molecular complexity index is 554. The van der Waals surface area contributed by atoms with Gasteiger partial charge in [-0.25, -0.2) is 8.42 Å². The highest BCUT2D eigenvalue weighted by molar-refractivity contribution is 7.88. The summed E-state index contributed by atoms with van der Waals surface area (Å²) in [6.45, 7) is 4.64. The maximum absolute atomic E-state index is 11.8. The maximum atomic E-state index is 11.8. The van der Waals surface area contributed by atoms with Crippen molar-refractivity contribution in [2.24, 2.45) is 0 Å². The zero-order chi connectivity index (χ0) is 16.2. The Morgan fingerprint density at radius 3 is 2.36 bits per heavy atom. The molecule has 1 aromatic rings. The van der Waals surface area contributed by atoms with Gasteiger partial charge in [-0.3, -0.25) is 0 Å². The lowest BCUT2D eigenvalue weighted by atomic mass is 10.0. The van der Waals surface area contributed by atoms with E-state index in [-0.39, 0.29) is 6.04 Å². The fourth-order valence-electron chi connectivity index (χ4n) is 3.18. The van der Waals surface area contributed by atoms with E-state index < -0.39 is 16.1 Å². The normalized spacial score (nSPS) is 19.5. The Morgan fingerprint density at radius 1 is 1.27 bits per heavy atom. The number of nitrogens with zero attached hydrogens (tertiary/aromatic N) is 2. The summed E-state index contributed by atoms with van der Waals surface area (Å²) in [6, 6.07) is 9.74. The van der Waals surface area contributed by atoms with Gasteiger partial charge >= 0.3 is 0 Å². The zero-order valence-corrected chi connectivity index (χ0v) is 14.2. The molecule has 1 saturated heterocycles. The van der Waals surface area contributed by atoms with Crippen molar-refractivity contribution in [2.75, 3.05) is 32.4 Å². The van der Waals surface area contributed by atoms with Crippen LogP contribution >= 0.6 is 0 Å². The van der Waals surface area contributed by atoms with Gasteiger partial charge in [0.05, 0.1) is 12.4 Å². The van der Waals surface area contributed by atoms with Crippen LogP contribution in [0, 0.1) is 0 Å². The fraction of sp³-hybridized carbons (Fsp3) is 0.625. The van der Waals surface area contributed by atoms with Crippen LogP contribution in [0.25, 0.3) is 0 Å². The van der Waals surface area contributed by atoms with Gasteiger partial charge in [0.25, 0.3) is 0 Å². The summed E-state index contributed by atoms with van der Waals surface area (Å²) in [5.74, 6) is 0. The number of piperidine rings is 1. The monoisotopic (exact) mass is 326 g/mol. The number of likely N-dealkylation sites (tertiary alicyclic amines) is 1. The minimum Gasteiger partial charge on any atom is -0.387 e. The molecule has 1 aromatic carbocycles. The zero-order valence-electron chi connectivity index (χ0n) is 13.4. The quantitative estimate of drug-likeness (QED) is 0.860. The summed E-state index contributed by atoms with van der Waals surface area (Å²) < 4.78 is 25.2. The van der Waals surface area contributed by atoms with Crippen LogP contribution in [0.2, 0.25) is 0 Å². The second-order valence-electron chi connectivity index (χ2n) is 5.92. The fourth-order valence-corrected chi connectivity index (χ4v) is 4.40. The van der Waals surface area contributed by atoms with E-state index in [0.717, 1.165) is 31.5 Å². The van der Waals surface area contributed by atoms with Crippen molar-refractivity contribution in [3.8, 4) is 0 Å². The molecule has 1 atom stereocenters. The number of aliphatic hydroxyl groups excluding tert-OH is 1. The molecule has 1 aliphatic heterocycles. The number of aliphatic hydroxyl groups is 1. The molecular formula is C16H26N2O3S. The summed E-state index contributed by atoms with van der Waals surface area (Å²) >= 11 is 0. The van der Waals surface area contributed by atoms with Crippen molar-refractivity contribution in [3.05, 3.63) is 35.9 Å².